The van der Waals surface area contributed by atoms with Gasteiger partial charge in [-0.3, -0.25) is 4.79 Å². The normalized spacial score (nSPS) is 11.4. The summed E-state index contributed by atoms with van der Waals surface area (Å²) in [7, 11) is 0. The number of halogens is 5. The Kier molecular flexibility index (Phi) is 4.04. The average molecular weight is 280 g/mol. The number of carbonyl (C=O) groups is 1. The SMILES string of the molecule is N#Cc1c(C(F)(F)F)cc(C(F)F)nc1CC(=O)O. The number of aromatic nitrogens is 1. The molecule has 1 rings (SSSR count). The highest BCUT2D eigenvalue weighted by Gasteiger charge is 2.36. The van der Waals surface area contributed by atoms with E-state index < -0.39 is 47.5 Å². The molecule has 0 atom stereocenters. The summed E-state index contributed by atoms with van der Waals surface area (Å²) in [6.45, 7) is 0. The van der Waals surface area contributed by atoms with Crippen molar-refractivity contribution < 1.29 is 31.9 Å². The number of carboxylic acids is 1. The number of alkyl halides is 5. The number of hydrogen-bond donors (Lipinski definition) is 1. The van der Waals surface area contributed by atoms with Crippen molar-refractivity contribution in [3.05, 3.63) is 28.6 Å². The van der Waals surface area contributed by atoms with Crippen LogP contribution in [0.2, 0.25) is 0 Å². The second kappa shape index (κ2) is 5.17. The second-order valence-corrected chi connectivity index (χ2v) is 3.40. The summed E-state index contributed by atoms with van der Waals surface area (Å²) in [6, 6.07) is 1.20. The predicted octanol–water partition coefficient (Wildman–Crippen LogP) is 2.54. The van der Waals surface area contributed by atoms with Crippen LogP contribution in [0.4, 0.5) is 22.0 Å². The number of hydrogen-bond acceptors (Lipinski definition) is 3. The Balaban J connectivity index is 3.57. The molecule has 0 amide bonds. The number of nitriles is 1. The first-order valence-corrected chi connectivity index (χ1v) is 4.68. The van der Waals surface area contributed by atoms with Gasteiger partial charge in [0, 0.05) is 0 Å². The largest absolute Gasteiger partial charge is 0.481 e. The summed E-state index contributed by atoms with van der Waals surface area (Å²) in [6.07, 6.45) is -9.40. The molecule has 0 aliphatic rings. The zero-order valence-electron chi connectivity index (χ0n) is 9.00. The molecule has 0 aromatic carbocycles. The molecule has 0 aliphatic carbocycles. The van der Waals surface area contributed by atoms with Crippen LogP contribution in [0.5, 0.6) is 0 Å². The van der Waals surface area contributed by atoms with Gasteiger partial charge in [-0.2, -0.15) is 18.4 Å². The van der Waals surface area contributed by atoms with Crippen molar-refractivity contribution in [3.63, 3.8) is 0 Å². The van der Waals surface area contributed by atoms with Crippen LogP contribution in [0.25, 0.3) is 0 Å². The third kappa shape index (κ3) is 3.37. The molecule has 0 saturated heterocycles. The topological polar surface area (TPSA) is 74.0 Å². The lowest BCUT2D eigenvalue weighted by Gasteiger charge is -2.13. The lowest BCUT2D eigenvalue weighted by Crippen LogP contribution is -2.15. The first-order valence-electron chi connectivity index (χ1n) is 4.68. The molecule has 0 spiro atoms. The molecule has 1 heterocycles. The minimum absolute atomic E-state index is 0.0502. The van der Waals surface area contributed by atoms with Gasteiger partial charge in [0.05, 0.1) is 23.2 Å². The summed E-state index contributed by atoms with van der Waals surface area (Å²) >= 11 is 0. The number of pyridine rings is 1. The smallest absolute Gasteiger partial charge is 0.417 e. The summed E-state index contributed by atoms with van der Waals surface area (Å²) in [4.78, 5) is 13.6. The van der Waals surface area contributed by atoms with E-state index in [1.807, 2.05) is 0 Å². The molecule has 1 aromatic heterocycles. The van der Waals surface area contributed by atoms with Crippen molar-refractivity contribution in [2.24, 2.45) is 0 Å². The molecule has 0 bridgehead atoms. The molecule has 0 saturated carbocycles. The summed E-state index contributed by atoms with van der Waals surface area (Å²) in [5.74, 6) is -1.58. The van der Waals surface area contributed by atoms with Gasteiger partial charge in [-0.25, -0.2) is 13.8 Å². The highest BCUT2D eigenvalue weighted by molar-refractivity contribution is 5.71. The van der Waals surface area contributed by atoms with E-state index in [4.69, 9.17) is 10.4 Å². The fourth-order valence-corrected chi connectivity index (χ4v) is 1.35. The average Bonchev–Trinajstić information content (AvgIpc) is 2.25. The Morgan fingerprint density at radius 3 is 2.42 bits per heavy atom. The fraction of sp³-hybridized carbons (Fsp3) is 0.300. The van der Waals surface area contributed by atoms with E-state index in [9.17, 15) is 26.7 Å². The number of rotatable bonds is 3. The minimum atomic E-state index is -5.05. The van der Waals surface area contributed by atoms with Gasteiger partial charge in [-0.1, -0.05) is 0 Å². The molecule has 0 aliphatic heterocycles. The molecule has 102 valence electrons. The molecule has 0 radical (unpaired) electrons. The molecule has 19 heavy (non-hydrogen) atoms. The van der Waals surface area contributed by atoms with Crippen molar-refractivity contribution in [3.8, 4) is 6.07 Å². The van der Waals surface area contributed by atoms with Gasteiger partial charge in [0.15, 0.2) is 0 Å². The van der Waals surface area contributed by atoms with E-state index in [0.717, 1.165) is 6.07 Å². The molecule has 1 N–H and O–H groups in total. The maximum Gasteiger partial charge on any atom is 0.417 e. The van der Waals surface area contributed by atoms with Crippen LogP contribution in [0.1, 0.15) is 28.9 Å². The van der Waals surface area contributed by atoms with Gasteiger partial charge in [-0.15, -0.1) is 0 Å². The number of aliphatic carboxylic acids is 1. The van der Waals surface area contributed by atoms with Gasteiger partial charge in [0.1, 0.15) is 11.8 Å². The van der Waals surface area contributed by atoms with E-state index in [1.54, 1.807) is 0 Å². The van der Waals surface area contributed by atoms with Gasteiger partial charge in [0.25, 0.3) is 6.43 Å². The Hall–Kier alpha value is -2.24. The lowest BCUT2D eigenvalue weighted by atomic mass is 10.0. The van der Waals surface area contributed by atoms with E-state index >= 15 is 0 Å². The monoisotopic (exact) mass is 280 g/mol. The van der Waals surface area contributed by atoms with Crippen LogP contribution >= 0.6 is 0 Å². The van der Waals surface area contributed by atoms with E-state index in [2.05, 4.69) is 4.98 Å². The molecule has 0 unspecified atom stereocenters. The Morgan fingerprint density at radius 1 is 1.47 bits per heavy atom. The third-order valence-electron chi connectivity index (χ3n) is 2.07. The van der Waals surface area contributed by atoms with Gasteiger partial charge in [-0.05, 0) is 6.07 Å². The molecular weight excluding hydrogens is 275 g/mol. The minimum Gasteiger partial charge on any atom is -0.481 e. The molecule has 4 nitrogen and oxygen atoms in total. The van der Waals surface area contributed by atoms with Gasteiger partial charge in [0.2, 0.25) is 0 Å². The van der Waals surface area contributed by atoms with Crippen molar-refractivity contribution in [2.45, 2.75) is 19.0 Å². The number of carboxylic acid groups (broad SMARTS) is 1. The highest BCUT2D eigenvalue weighted by Crippen LogP contribution is 2.35. The van der Waals surface area contributed by atoms with E-state index in [1.165, 1.54) is 0 Å². The van der Waals surface area contributed by atoms with Crippen LogP contribution in [-0.2, 0) is 17.4 Å². The molecular formula is C10H5F5N2O2. The van der Waals surface area contributed by atoms with E-state index in [0.29, 0.717) is 0 Å². The van der Waals surface area contributed by atoms with E-state index in [-0.39, 0.29) is 6.07 Å². The first kappa shape index (κ1) is 14.8. The lowest BCUT2D eigenvalue weighted by molar-refractivity contribution is -0.139. The van der Waals surface area contributed by atoms with Gasteiger partial charge < -0.3 is 5.11 Å². The predicted molar refractivity (Wildman–Crippen MR) is 50.3 cm³/mol. The summed E-state index contributed by atoms with van der Waals surface area (Å²) < 4.78 is 62.7. The molecule has 0 fully saturated rings. The number of nitrogens with zero attached hydrogens (tertiary/aromatic N) is 2. The summed E-state index contributed by atoms with van der Waals surface area (Å²) in [5.41, 5.74) is -4.72. The summed E-state index contributed by atoms with van der Waals surface area (Å²) in [5, 5.41) is 17.1. The fourth-order valence-electron chi connectivity index (χ4n) is 1.35. The Labute approximate surface area is 103 Å². The highest BCUT2D eigenvalue weighted by atomic mass is 19.4. The quantitative estimate of drug-likeness (QED) is 0.863. The Bertz CT molecular complexity index is 548. The third-order valence-corrected chi connectivity index (χ3v) is 2.07. The van der Waals surface area contributed by atoms with Crippen molar-refractivity contribution in [1.82, 2.24) is 4.98 Å². The zero-order valence-corrected chi connectivity index (χ0v) is 9.00. The van der Waals surface area contributed by atoms with Gasteiger partial charge >= 0.3 is 12.1 Å². The van der Waals surface area contributed by atoms with Crippen LogP contribution in [0, 0.1) is 11.3 Å². The second-order valence-electron chi connectivity index (χ2n) is 3.40. The standard InChI is InChI=1S/C10H5F5N2O2/c11-9(12)7-1-5(10(13,14)15)4(3-16)6(17-7)2-8(18)19/h1,9H,2H2,(H,18,19). The van der Waals surface area contributed by atoms with Crippen LogP contribution in [0.3, 0.4) is 0 Å². The van der Waals surface area contributed by atoms with Crippen LogP contribution < -0.4 is 0 Å². The molecule has 9 heteroatoms. The zero-order chi connectivity index (χ0) is 14.8. The first-order chi connectivity index (χ1) is 8.66. The maximum atomic E-state index is 12.6. The van der Waals surface area contributed by atoms with Crippen LogP contribution in [-0.4, -0.2) is 16.1 Å². The van der Waals surface area contributed by atoms with Crippen molar-refractivity contribution in [1.29, 1.82) is 5.26 Å². The van der Waals surface area contributed by atoms with Crippen molar-refractivity contribution >= 4 is 5.97 Å². The molecule has 1 aromatic rings. The Morgan fingerprint density at radius 2 is 2.05 bits per heavy atom. The maximum absolute atomic E-state index is 12.6. The van der Waals surface area contributed by atoms with Crippen molar-refractivity contribution in [2.75, 3.05) is 0 Å². The van der Waals surface area contributed by atoms with Crippen LogP contribution in [0.15, 0.2) is 6.07 Å².